The number of benzene rings is 3. The Morgan fingerprint density at radius 3 is 1.76 bits per heavy atom. The molecule has 25 heavy (non-hydrogen) atoms. The van der Waals surface area contributed by atoms with Gasteiger partial charge in [-0.1, -0.05) is 42.0 Å². The highest BCUT2D eigenvalue weighted by Crippen LogP contribution is 2.44. The third kappa shape index (κ3) is 2.56. The van der Waals surface area contributed by atoms with Gasteiger partial charge in [0.25, 0.3) is 10.0 Å². The molecule has 3 nitrogen and oxygen atoms in total. The first-order chi connectivity index (χ1) is 12.0. The van der Waals surface area contributed by atoms with Crippen LogP contribution in [0.25, 0.3) is 20.2 Å². The number of nitrogens with zero attached hydrogens (tertiary/aromatic N) is 1. The van der Waals surface area contributed by atoms with E-state index in [0.717, 1.165) is 25.7 Å². The van der Waals surface area contributed by atoms with Crippen molar-refractivity contribution in [1.29, 1.82) is 0 Å². The van der Waals surface area contributed by atoms with Gasteiger partial charge in [-0.2, -0.15) is 0 Å². The predicted molar refractivity (Wildman–Crippen MR) is 106 cm³/mol. The Bertz CT molecular complexity index is 1120. The minimum absolute atomic E-state index is 0.329. The molecule has 4 rings (SSSR count). The van der Waals surface area contributed by atoms with Crippen LogP contribution >= 0.6 is 10.7 Å². The van der Waals surface area contributed by atoms with Gasteiger partial charge in [-0.15, -0.1) is 0 Å². The first-order valence-electron chi connectivity index (χ1n) is 7.98. The summed E-state index contributed by atoms with van der Waals surface area (Å²) in [7, 11) is -2.55. The van der Waals surface area contributed by atoms with Crippen LogP contribution in [0.15, 0.2) is 77.7 Å². The van der Waals surface area contributed by atoms with Gasteiger partial charge in [-0.25, -0.2) is 8.42 Å². The maximum absolute atomic E-state index is 13.2. The van der Waals surface area contributed by atoms with E-state index in [2.05, 4.69) is 12.1 Å². The molecule has 0 unspecified atom stereocenters. The van der Waals surface area contributed by atoms with Gasteiger partial charge in [0.05, 0.1) is 11.9 Å². The van der Waals surface area contributed by atoms with Crippen LogP contribution in [-0.2, 0) is 10.0 Å². The number of hydrogen-bond acceptors (Lipinski definition) is 2. The van der Waals surface area contributed by atoms with Gasteiger partial charge in [0.1, 0.15) is 10.7 Å². The largest absolute Gasteiger partial charge is 0.285 e. The van der Waals surface area contributed by atoms with Crippen molar-refractivity contribution in [3.05, 3.63) is 78.4 Å². The molecule has 0 saturated heterocycles. The molecule has 0 spiro atoms. The Morgan fingerprint density at radius 2 is 1.24 bits per heavy atom. The van der Waals surface area contributed by atoms with Gasteiger partial charge in [-0.05, 0) is 31.2 Å². The third-order valence-electron chi connectivity index (χ3n) is 4.40. The number of fused-ring (bicyclic) bond motifs is 3. The van der Waals surface area contributed by atoms with E-state index in [1.165, 1.54) is 3.71 Å². The molecule has 1 heterocycles. The SMILES string of the molecule is Cc1ccc(S(=O)(=O)N(C)[s+]2c3ccccc3c3ccccc32)cc1. The molecule has 0 aliphatic heterocycles. The molecule has 0 aliphatic rings. The topological polar surface area (TPSA) is 37.4 Å². The molecule has 0 fully saturated rings. The van der Waals surface area contributed by atoms with E-state index >= 15 is 0 Å². The monoisotopic (exact) mass is 368 g/mol. The van der Waals surface area contributed by atoms with Crippen LogP contribution < -0.4 is 3.71 Å². The van der Waals surface area contributed by atoms with Gasteiger partial charge < -0.3 is 0 Å². The minimum atomic E-state index is -3.58. The zero-order valence-electron chi connectivity index (χ0n) is 14.0. The number of sulfonamides is 1. The molecule has 0 amide bonds. The summed E-state index contributed by atoms with van der Waals surface area (Å²) in [5, 5.41) is 2.24. The number of hydrogen-bond donors (Lipinski definition) is 0. The molecule has 3 aromatic carbocycles. The Balaban J connectivity index is 1.98. The van der Waals surface area contributed by atoms with Crippen molar-refractivity contribution in [3.63, 3.8) is 0 Å². The maximum Gasteiger partial charge on any atom is 0.285 e. The van der Waals surface area contributed by atoms with Crippen molar-refractivity contribution in [2.24, 2.45) is 0 Å². The molecule has 0 saturated carbocycles. The van der Waals surface area contributed by atoms with Crippen molar-refractivity contribution in [2.75, 3.05) is 10.8 Å². The standard InChI is InChI=1S/C20H18NO2S2/c1-15-11-13-16(14-12-15)25(22,23)21(2)24-19-9-5-3-7-17(19)18-8-4-6-10-20(18)24/h3-14H,1-2H3/q+1. The fourth-order valence-electron chi connectivity index (χ4n) is 3.07. The van der Waals surface area contributed by atoms with Crippen LogP contribution in [0.1, 0.15) is 5.56 Å². The quantitative estimate of drug-likeness (QED) is 0.477. The summed E-state index contributed by atoms with van der Waals surface area (Å²) in [5.41, 5.74) is 1.04. The Hall–Kier alpha value is -2.21. The Kier molecular flexibility index (Phi) is 3.87. The summed E-state index contributed by atoms with van der Waals surface area (Å²) in [6, 6.07) is 23.1. The van der Waals surface area contributed by atoms with Crippen LogP contribution in [0.5, 0.6) is 0 Å². The third-order valence-corrected chi connectivity index (χ3v) is 9.04. The van der Waals surface area contributed by atoms with E-state index in [-0.39, 0.29) is 0 Å². The van der Waals surface area contributed by atoms with E-state index in [1.54, 1.807) is 19.2 Å². The van der Waals surface area contributed by atoms with Crippen molar-refractivity contribution < 1.29 is 8.42 Å². The first kappa shape index (κ1) is 16.3. The fraction of sp³-hybridized carbons (Fsp3) is 0.100. The Morgan fingerprint density at radius 1 is 0.760 bits per heavy atom. The summed E-state index contributed by atoms with van der Waals surface area (Å²) >= 11 is 0. The summed E-state index contributed by atoms with van der Waals surface area (Å²) in [5.74, 6) is 0. The predicted octanol–water partition coefficient (Wildman–Crippen LogP) is 5.01. The first-order valence-corrected chi connectivity index (χ1v) is 10.6. The Labute approximate surface area is 150 Å². The number of aryl methyl sites for hydroxylation is 1. The molecule has 0 N–H and O–H groups in total. The maximum atomic E-state index is 13.2. The molecular weight excluding hydrogens is 350 g/mol. The highest BCUT2D eigenvalue weighted by Gasteiger charge is 2.34. The van der Waals surface area contributed by atoms with Crippen LogP contribution in [0.3, 0.4) is 0 Å². The molecule has 4 aromatic rings. The number of rotatable bonds is 3. The average molecular weight is 369 g/mol. The molecule has 126 valence electrons. The van der Waals surface area contributed by atoms with Gasteiger partial charge in [-0.3, -0.25) is 0 Å². The lowest BCUT2D eigenvalue weighted by Crippen LogP contribution is -2.25. The van der Waals surface area contributed by atoms with Crippen LogP contribution in [0.2, 0.25) is 0 Å². The summed E-state index contributed by atoms with van der Waals surface area (Å²) in [6.45, 7) is 1.95. The molecule has 1 aromatic heterocycles. The van der Waals surface area contributed by atoms with E-state index < -0.39 is 20.7 Å². The smallest absolute Gasteiger partial charge is 0.203 e. The molecular formula is C20H18NO2S2+. The molecule has 5 heteroatoms. The van der Waals surface area contributed by atoms with Crippen molar-refractivity contribution in [2.45, 2.75) is 11.8 Å². The lowest BCUT2D eigenvalue weighted by Gasteiger charge is -2.10. The van der Waals surface area contributed by atoms with Gasteiger partial charge in [0.2, 0.25) is 9.40 Å². The lowest BCUT2D eigenvalue weighted by molar-refractivity contribution is 0.596. The van der Waals surface area contributed by atoms with Crippen LogP contribution in [0, 0.1) is 6.92 Å². The highest BCUT2D eigenvalue weighted by molar-refractivity contribution is 7.97. The van der Waals surface area contributed by atoms with Crippen LogP contribution in [-0.4, -0.2) is 15.5 Å². The van der Waals surface area contributed by atoms with E-state index in [1.807, 2.05) is 55.5 Å². The van der Waals surface area contributed by atoms with E-state index in [9.17, 15) is 8.42 Å². The second-order valence-electron chi connectivity index (χ2n) is 6.00. The lowest BCUT2D eigenvalue weighted by atomic mass is 10.2. The molecule has 0 radical (unpaired) electrons. The summed E-state index contributed by atoms with van der Waals surface area (Å²) in [6.07, 6.45) is 0. The average Bonchev–Trinajstić information content (AvgIpc) is 2.96. The fourth-order valence-corrected chi connectivity index (χ4v) is 7.35. The van der Waals surface area contributed by atoms with Gasteiger partial charge in [0.15, 0.2) is 0 Å². The molecule has 0 bridgehead atoms. The van der Waals surface area contributed by atoms with E-state index in [4.69, 9.17) is 0 Å². The molecule has 0 atom stereocenters. The van der Waals surface area contributed by atoms with E-state index in [0.29, 0.717) is 4.90 Å². The minimum Gasteiger partial charge on any atom is -0.203 e. The van der Waals surface area contributed by atoms with Crippen LogP contribution in [0.4, 0.5) is 0 Å². The summed E-state index contributed by atoms with van der Waals surface area (Å²) < 4.78 is 30.0. The van der Waals surface area contributed by atoms with Gasteiger partial charge in [0, 0.05) is 26.6 Å². The van der Waals surface area contributed by atoms with Crippen molar-refractivity contribution >= 4 is 40.9 Å². The number of thiophene rings is 1. The van der Waals surface area contributed by atoms with Crippen molar-refractivity contribution in [1.82, 2.24) is 0 Å². The van der Waals surface area contributed by atoms with Crippen molar-refractivity contribution in [3.8, 4) is 0 Å². The second kappa shape index (κ2) is 5.95. The zero-order chi connectivity index (χ0) is 17.6. The summed E-state index contributed by atoms with van der Waals surface area (Å²) in [4.78, 5) is 0.329. The normalized spacial score (nSPS) is 12.3. The van der Waals surface area contributed by atoms with Gasteiger partial charge >= 0.3 is 0 Å². The molecule has 0 aliphatic carbocycles. The zero-order valence-corrected chi connectivity index (χ0v) is 15.6. The highest BCUT2D eigenvalue weighted by atomic mass is 32.3. The second-order valence-corrected chi connectivity index (χ2v) is 10.2.